The van der Waals surface area contributed by atoms with Crippen molar-refractivity contribution in [1.82, 2.24) is 10.2 Å². The van der Waals surface area contributed by atoms with Crippen LogP contribution in [-0.2, 0) is 16.6 Å². The van der Waals surface area contributed by atoms with E-state index in [4.69, 9.17) is 9.47 Å². The highest BCUT2D eigenvalue weighted by atomic mass is 16.5. The highest BCUT2D eigenvalue weighted by Crippen LogP contribution is 2.65. The van der Waals surface area contributed by atoms with Crippen molar-refractivity contribution in [1.29, 1.82) is 0 Å². The number of ether oxygens (including phenoxy) is 2. The summed E-state index contributed by atoms with van der Waals surface area (Å²) in [6.45, 7) is 2.90. The normalized spacial score (nSPS) is 35.1. The molecule has 6 nitrogen and oxygen atoms in total. The number of fused-ring (bicyclic) bond motifs is 3. The number of carbonyl (C=O) groups is 1. The molecule has 5 fully saturated rings. The number of likely N-dealkylation sites (tertiary alicyclic amines) is 1. The van der Waals surface area contributed by atoms with Gasteiger partial charge in [-0.25, -0.2) is 4.79 Å². The maximum Gasteiger partial charge on any atom is 0.319 e. The van der Waals surface area contributed by atoms with Crippen LogP contribution in [0.1, 0.15) is 49.7 Å². The highest BCUT2D eigenvalue weighted by molar-refractivity contribution is 5.89. The van der Waals surface area contributed by atoms with Crippen molar-refractivity contribution < 1.29 is 14.3 Å². The molecule has 4 bridgehead atoms. The van der Waals surface area contributed by atoms with E-state index in [1.807, 2.05) is 30.3 Å². The summed E-state index contributed by atoms with van der Waals surface area (Å²) in [5.74, 6) is 1.78. The fourth-order valence-corrected chi connectivity index (χ4v) is 7.93. The number of anilines is 1. The minimum absolute atomic E-state index is 0.101. The van der Waals surface area contributed by atoms with Crippen molar-refractivity contribution in [3.05, 3.63) is 59.7 Å². The van der Waals surface area contributed by atoms with E-state index in [0.717, 1.165) is 56.0 Å². The molecule has 1 spiro atoms. The predicted molar refractivity (Wildman–Crippen MR) is 135 cm³/mol. The standard InChI is InChI=1S/C29H35N3O3/c1-34-23-10-9-21-15-25-29-12-11-27(19-35-29,31-26(33)30-22-5-3-2-4-6-22)18-28(29,24(21)16-23)13-14-32(25)17-20-7-8-20/h2-6,9-10,16,20,25H,7-8,11-15,17-19H2,1H3,(H2,30,31,33)/t25-,27+,28-,29-/m1/s1. The maximum atomic E-state index is 13.1. The number of carbonyl (C=O) groups excluding carboxylic acids is 1. The Morgan fingerprint density at radius 3 is 2.74 bits per heavy atom. The number of hydrogen-bond donors (Lipinski definition) is 2. The maximum absolute atomic E-state index is 13.1. The summed E-state index contributed by atoms with van der Waals surface area (Å²) in [7, 11) is 1.75. The van der Waals surface area contributed by atoms with Crippen LogP contribution in [0.5, 0.6) is 5.75 Å². The minimum Gasteiger partial charge on any atom is -0.497 e. The monoisotopic (exact) mass is 473 g/mol. The number of hydrogen-bond acceptors (Lipinski definition) is 4. The molecule has 2 N–H and O–H groups in total. The number of amides is 2. The Bertz CT molecular complexity index is 1140. The average molecular weight is 474 g/mol. The summed E-state index contributed by atoms with van der Waals surface area (Å²) >= 11 is 0. The first kappa shape index (κ1) is 21.7. The number of urea groups is 1. The smallest absolute Gasteiger partial charge is 0.319 e. The molecule has 6 heteroatoms. The zero-order chi connectivity index (χ0) is 23.7. The number of para-hydroxylation sites is 1. The van der Waals surface area contributed by atoms with Gasteiger partial charge in [0.1, 0.15) is 5.75 Å². The van der Waals surface area contributed by atoms with Gasteiger partial charge in [0.15, 0.2) is 0 Å². The summed E-state index contributed by atoms with van der Waals surface area (Å²) in [5, 5.41) is 6.42. The summed E-state index contributed by atoms with van der Waals surface area (Å²) in [5.41, 5.74) is 2.99. The lowest BCUT2D eigenvalue weighted by Crippen LogP contribution is -2.81. The van der Waals surface area contributed by atoms with Crippen LogP contribution in [0.15, 0.2) is 48.5 Å². The first-order valence-electron chi connectivity index (χ1n) is 13.2. The molecule has 3 saturated heterocycles. The number of rotatable bonds is 5. The van der Waals surface area contributed by atoms with Gasteiger partial charge in [0.05, 0.1) is 24.9 Å². The van der Waals surface area contributed by atoms with Gasteiger partial charge in [0.25, 0.3) is 0 Å². The molecule has 4 atom stereocenters. The Hall–Kier alpha value is -2.57. The van der Waals surface area contributed by atoms with E-state index >= 15 is 0 Å². The van der Waals surface area contributed by atoms with Crippen LogP contribution in [-0.4, -0.2) is 54.9 Å². The second kappa shape index (κ2) is 7.71. The topological polar surface area (TPSA) is 62.8 Å². The van der Waals surface area contributed by atoms with Crippen molar-refractivity contribution >= 4 is 11.7 Å². The van der Waals surface area contributed by atoms with Gasteiger partial charge in [0.2, 0.25) is 0 Å². The average Bonchev–Trinajstić information content (AvgIpc) is 3.70. The summed E-state index contributed by atoms with van der Waals surface area (Å²) in [4.78, 5) is 15.9. The third-order valence-electron chi connectivity index (χ3n) is 9.68. The molecular weight excluding hydrogens is 438 g/mol. The van der Waals surface area contributed by atoms with Crippen LogP contribution in [0, 0.1) is 5.92 Å². The van der Waals surface area contributed by atoms with Gasteiger partial charge in [-0.3, -0.25) is 4.90 Å². The number of nitrogens with one attached hydrogen (secondary N) is 2. The van der Waals surface area contributed by atoms with Crippen molar-refractivity contribution in [2.45, 2.75) is 67.5 Å². The van der Waals surface area contributed by atoms with Gasteiger partial charge >= 0.3 is 6.03 Å². The largest absolute Gasteiger partial charge is 0.497 e. The molecule has 2 aromatic rings. The van der Waals surface area contributed by atoms with Gasteiger partial charge in [0, 0.05) is 23.7 Å². The van der Waals surface area contributed by atoms with Crippen molar-refractivity contribution in [2.75, 3.05) is 32.1 Å². The zero-order valence-corrected chi connectivity index (χ0v) is 20.5. The number of piperidine rings is 1. The van der Waals surface area contributed by atoms with Gasteiger partial charge in [-0.2, -0.15) is 0 Å². The Morgan fingerprint density at radius 2 is 2.00 bits per heavy atom. The van der Waals surface area contributed by atoms with E-state index in [1.165, 1.54) is 30.5 Å². The van der Waals surface area contributed by atoms with Crippen LogP contribution in [0.25, 0.3) is 0 Å². The lowest BCUT2D eigenvalue weighted by atomic mass is 9.45. The summed E-state index contributed by atoms with van der Waals surface area (Å²) < 4.78 is 12.7. The van der Waals surface area contributed by atoms with Crippen molar-refractivity contribution in [2.24, 2.45) is 5.92 Å². The fraction of sp³-hybridized carbons (Fsp3) is 0.552. The molecule has 2 amide bonds. The summed E-state index contributed by atoms with van der Waals surface area (Å²) in [6.07, 6.45) is 7.74. The molecule has 6 aliphatic rings. The van der Waals surface area contributed by atoms with Crippen molar-refractivity contribution in [3.8, 4) is 5.75 Å². The second-order valence-corrected chi connectivity index (χ2v) is 11.6. The molecule has 0 unspecified atom stereocenters. The third-order valence-corrected chi connectivity index (χ3v) is 9.68. The number of nitrogens with zero attached hydrogens (tertiary/aromatic N) is 1. The van der Waals surface area contributed by atoms with Gasteiger partial charge in [-0.15, -0.1) is 0 Å². The Labute approximate surface area is 207 Å². The van der Waals surface area contributed by atoms with Gasteiger partial charge < -0.3 is 20.1 Å². The first-order chi connectivity index (χ1) is 17.0. The molecule has 0 radical (unpaired) electrons. The lowest BCUT2D eigenvalue weighted by molar-refractivity contribution is -0.261. The third kappa shape index (κ3) is 3.26. The van der Waals surface area contributed by atoms with Crippen LogP contribution >= 0.6 is 0 Å². The van der Waals surface area contributed by atoms with Crippen LogP contribution in [0.2, 0.25) is 0 Å². The quantitative estimate of drug-likeness (QED) is 0.672. The Balaban J connectivity index is 1.25. The number of benzene rings is 2. The molecule has 2 aromatic carbocycles. The molecule has 3 aliphatic carbocycles. The molecule has 184 valence electrons. The van der Waals surface area contributed by atoms with E-state index in [-0.39, 0.29) is 22.6 Å². The molecule has 3 aliphatic heterocycles. The van der Waals surface area contributed by atoms with Crippen LogP contribution in [0.3, 0.4) is 0 Å². The predicted octanol–water partition coefficient (Wildman–Crippen LogP) is 4.49. The van der Waals surface area contributed by atoms with E-state index in [0.29, 0.717) is 12.6 Å². The molecular formula is C29H35N3O3. The van der Waals surface area contributed by atoms with E-state index in [1.54, 1.807) is 7.11 Å². The van der Waals surface area contributed by atoms with E-state index < -0.39 is 0 Å². The van der Waals surface area contributed by atoms with Gasteiger partial charge in [-0.05, 0) is 92.8 Å². The number of methoxy groups -OCH3 is 1. The van der Waals surface area contributed by atoms with Crippen molar-refractivity contribution in [3.63, 3.8) is 0 Å². The van der Waals surface area contributed by atoms with Crippen LogP contribution in [0.4, 0.5) is 10.5 Å². The lowest BCUT2D eigenvalue weighted by Gasteiger charge is -2.71. The SMILES string of the molecule is COc1ccc2c(c1)[C@]13CCN(CC4CC4)[C@H](C2)[C@]12CC[C@@](NC(=O)Nc1ccccc1)(CO2)C3. The second-order valence-electron chi connectivity index (χ2n) is 11.6. The van der Waals surface area contributed by atoms with Crippen LogP contribution < -0.4 is 15.4 Å². The molecule has 3 heterocycles. The minimum atomic E-state index is -0.360. The Morgan fingerprint density at radius 1 is 1.14 bits per heavy atom. The zero-order valence-electron chi connectivity index (χ0n) is 20.5. The molecule has 8 rings (SSSR count). The molecule has 0 aromatic heterocycles. The van der Waals surface area contributed by atoms with Gasteiger partial charge in [-0.1, -0.05) is 24.3 Å². The summed E-state index contributed by atoms with van der Waals surface area (Å²) in [6, 6.07) is 16.6. The molecule has 35 heavy (non-hydrogen) atoms. The first-order valence-corrected chi connectivity index (χ1v) is 13.2. The Kier molecular flexibility index (Phi) is 4.78. The fourth-order valence-electron chi connectivity index (χ4n) is 7.93. The molecule has 2 saturated carbocycles. The van der Waals surface area contributed by atoms with E-state index in [2.05, 4.69) is 33.7 Å². The highest BCUT2D eigenvalue weighted by Gasteiger charge is 2.71. The van der Waals surface area contributed by atoms with E-state index in [9.17, 15) is 4.79 Å².